The van der Waals surface area contributed by atoms with Crippen LogP contribution in [0.1, 0.15) is 25.3 Å². The van der Waals surface area contributed by atoms with Crippen molar-refractivity contribution in [2.24, 2.45) is 5.92 Å². The average Bonchev–Trinajstić information content (AvgIpc) is 2.83. The highest BCUT2D eigenvalue weighted by Gasteiger charge is 2.37. The van der Waals surface area contributed by atoms with Crippen molar-refractivity contribution in [2.75, 3.05) is 13.1 Å². The molecule has 0 bridgehead atoms. The smallest absolute Gasteiger partial charge is 0.0934 e. The minimum Gasteiger partial charge on any atom is -0.385 e. The lowest BCUT2D eigenvalue weighted by Gasteiger charge is -2.33. The Morgan fingerprint density at radius 3 is 2.67 bits per heavy atom. The molecule has 2 N–H and O–H groups in total. The molecular weight excluding hydrogens is 186 g/mol. The van der Waals surface area contributed by atoms with Gasteiger partial charge in [-0.05, 0) is 24.9 Å². The van der Waals surface area contributed by atoms with Crippen LogP contribution in [-0.2, 0) is 5.60 Å². The van der Waals surface area contributed by atoms with Crippen LogP contribution in [0.3, 0.4) is 0 Å². The van der Waals surface area contributed by atoms with E-state index in [4.69, 9.17) is 0 Å². The Kier molecular flexibility index (Phi) is 3.08. The summed E-state index contributed by atoms with van der Waals surface area (Å²) in [7, 11) is 0. The van der Waals surface area contributed by atoms with Crippen molar-refractivity contribution < 1.29 is 5.11 Å². The van der Waals surface area contributed by atoms with Gasteiger partial charge in [-0.1, -0.05) is 37.3 Å². The van der Waals surface area contributed by atoms with Crippen LogP contribution < -0.4 is 5.32 Å². The van der Waals surface area contributed by atoms with E-state index in [-0.39, 0.29) is 0 Å². The zero-order chi connectivity index (χ0) is 10.7. The van der Waals surface area contributed by atoms with E-state index in [2.05, 4.69) is 12.2 Å². The van der Waals surface area contributed by atoms with Gasteiger partial charge >= 0.3 is 0 Å². The second-order valence-corrected chi connectivity index (χ2v) is 4.33. The molecule has 2 heteroatoms. The molecule has 0 saturated carbocycles. The molecular formula is C13H19NO. The summed E-state index contributed by atoms with van der Waals surface area (Å²) in [5, 5.41) is 14.1. The van der Waals surface area contributed by atoms with Crippen molar-refractivity contribution in [2.45, 2.75) is 25.4 Å². The number of nitrogens with one attached hydrogen (secondary N) is 1. The van der Waals surface area contributed by atoms with Crippen LogP contribution in [0, 0.1) is 5.92 Å². The van der Waals surface area contributed by atoms with Gasteiger partial charge in [-0.25, -0.2) is 0 Å². The first-order valence-corrected chi connectivity index (χ1v) is 5.76. The third-order valence-corrected chi connectivity index (χ3v) is 3.55. The average molecular weight is 205 g/mol. The van der Waals surface area contributed by atoms with Gasteiger partial charge in [0.15, 0.2) is 0 Å². The number of rotatable bonds is 3. The third kappa shape index (κ3) is 1.92. The second kappa shape index (κ2) is 4.33. The summed E-state index contributed by atoms with van der Waals surface area (Å²) >= 11 is 0. The Morgan fingerprint density at radius 2 is 2.13 bits per heavy atom. The summed E-state index contributed by atoms with van der Waals surface area (Å²) in [6, 6.07) is 10.0. The minimum absolute atomic E-state index is 0.352. The standard InChI is InChI=1S/C13H19NO/c1-2-13(15,12-8-9-14-10-12)11-6-4-3-5-7-11/h3-7,12,14-15H,2,8-10H2,1H3/t12-,13-/m0/s1. The quantitative estimate of drug-likeness (QED) is 0.790. The second-order valence-electron chi connectivity index (χ2n) is 4.33. The van der Waals surface area contributed by atoms with E-state index in [1.807, 2.05) is 30.3 Å². The first-order chi connectivity index (χ1) is 7.27. The molecule has 82 valence electrons. The van der Waals surface area contributed by atoms with Crippen molar-refractivity contribution >= 4 is 0 Å². The van der Waals surface area contributed by atoms with Gasteiger partial charge in [-0.2, -0.15) is 0 Å². The zero-order valence-corrected chi connectivity index (χ0v) is 9.24. The molecule has 2 rings (SSSR count). The summed E-state index contributed by atoms with van der Waals surface area (Å²) in [5.41, 5.74) is 0.409. The maximum absolute atomic E-state index is 10.8. The molecule has 1 aliphatic heterocycles. The number of benzene rings is 1. The Labute approximate surface area is 91.3 Å². The minimum atomic E-state index is -0.648. The largest absolute Gasteiger partial charge is 0.385 e. The molecule has 0 radical (unpaired) electrons. The lowest BCUT2D eigenvalue weighted by atomic mass is 9.79. The Morgan fingerprint density at radius 1 is 1.40 bits per heavy atom. The van der Waals surface area contributed by atoms with Crippen molar-refractivity contribution in [3.05, 3.63) is 35.9 Å². The van der Waals surface area contributed by atoms with Crippen molar-refractivity contribution in [3.63, 3.8) is 0 Å². The monoisotopic (exact) mass is 205 g/mol. The molecule has 1 aliphatic rings. The number of hydrogen-bond acceptors (Lipinski definition) is 2. The highest BCUT2D eigenvalue weighted by Crippen LogP contribution is 2.36. The molecule has 0 aromatic heterocycles. The van der Waals surface area contributed by atoms with Gasteiger partial charge in [0.2, 0.25) is 0 Å². The molecule has 1 aromatic carbocycles. The summed E-state index contributed by atoms with van der Waals surface area (Å²) in [6.07, 6.45) is 1.85. The fourth-order valence-corrected chi connectivity index (χ4v) is 2.52. The van der Waals surface area contributed by atoms with Gasteiger partial charge in [-0.15, -0.1) is 0 Å². The molecule has 2 nitrogen and oxygen atoms in total. The first-order valence-electron chi connectivity index (χ1n) is 5.76. The molecule has 2 atom stereocenters. The van der Waals surface area contributed by atoms with Crippen LogP contribution in [0.15, 0.2) is 30.3 Å². The van der Waals surface area contributed by atoms with Crippen LogP contribution >= 0.6 is 0 Å². The van der Waals surface area contributed by atoms with Gasteiger partial charge in [0.25, 0.3) is 0 Å². The topological polar surface area (TPSA) is 32.3 Å². The predicted molar refractivity (Wildman–Crippen MR) is 61.6 cm³/mol. The van der Waals surface area contributed by atoms with Crippen molar-refractivity contribution in [1.29, 1.82) is 0 Å². The Bertz CT molecular complexity index is 306. The van der Waals surface area contributed by atoms with Crippen molar-refractivity contribution in [1.82, 2.24) is 5.32 Å². The van der Waals surface area contributed by atoms with Gasteiger partial charge in [0.1, 0.15) is 0 Å². The van der Waals surface area contributed by atoms with E-state index in [1.165, 1.54) is 0 Å². The van der Waals surface area contributed by atoms with Crippen molar-refractivity contribution in [3.8, 4) is 0 Å². The van der Waals surface area contributed by atoms with Crippen LogP contribution in [-0.4, -0.2) is 18.2 Å². The zero-order valence-electron chi connectivity index (χ0n) is 9.24. The SMILES string of the molecule is CC[C@](O)(c1ccccc1)[C@H]1CCNC1. The fraction of sp³-hybridized carbons (Fsp3) is 0.538. The number of hydrogen-bond donors (Lipinski definition) is 2. The first kappa shape index (κ1) is 10.7. The lowest BCUT2D eigenvalue weighted by molar-refractivity contribution is -0.0204. The van der Waals surface area contributed by atoms with E-state index < -0.39 is 5.60 Å². The summed E-state index contributed by atoms with van der Waals surface area (Å²) in [6.45, 7) is 4.02. The predicted octanol–water partition coefficient (Wildman–Crippen LogP) is 1.89. The highest BCUT2D eigenvalue weighted by atomic mass is 16.3. The molecule has 0 spiro atoms. The van der Waals surface area contributed by atoms with Gasteiger partial charge in [0.05, 0.1) is 5.60 Å². The fourth-order valence-electron chi connectivity index (χ4n) is 2.52. The Balaban J connectivity index is 2.28. The van der Waals surface area contributed by atoms with Crippen LogP contribution in [0.4, 0.5) is 0 Å². The van der Waals surface area contributed by atoms with Crippen LogP contribution in [0.5, 0.6) is 0 Å². The summed E-state index contributed by atoms with van der Waals surface area (Å²) < 4.78 is 0. The van der Waals surface area contributed by atoms with Gasteiger partial charge in [-0.3, -0.25) is 0 Å². The summed E-state index contributed by atoms with van der Waals surface area (Å²) in [4.78, 5) is 0. The highest BCUT2D eigenvalue weighted by molar-refractivity contribution is 5.23. The molecule has 0 amide bonds. The van der Waals surface area contributed by atoms with Crippen LogP contribution in [0.25, 0.3) is 0 Å². The molecule has 1 aromatic rings. The molecule has 0 aliphatic carbocycles. The van der Waals surface area contributed by atoms with E-state index in [9.17, 15) is 5.11 Å². The third-order valence-electron chi connectivity index (χ3n) is 3.55. The molecule has 15 heavy (non-hydrogen) atoms. The Hall–Kier alpha value is -0.860. The van der Waals surface area contributed by atoms with Gasteiger partial charge in [0, 0.05) is 12.5 Å². The number of aliphatic hydroxyl groups is 1. The molecule has 1 fully saturated rings. The molecule has 0 unspecified atom stereocenters. The molecule has 1 saturated heterocycles. The van der Waals surface area contributed by atoms with E-state index in [0.717, 1.165) is 31.5 Å². The lowest BCUT2D eigenvalue weighted by Crippen LogP contribution is -2.35. The van der Waals surface area contributed by atoms with E-state index >= 15 is 0 Å². The maximum Gasteiger partial charge on any atom is 0.0934 e. The van der Waals surface area contributed by atoms with E-state index in [0.29, 0.717) is 5.92 Å². The van der Waals surface area contributed by atoms with Crippen LogP contribution in [0.2, 0.25) is 0 Å². The molecule has 1 heterocycles. The van der Waals surface area contributed by atoms with Gasteiger partial charge < -0.3 is 10.4 Å². The maximum atomic E-state index is 10.8. The summed E-state index contributed by atoms with van der Waals surface area (Å²) in [5.74, 6) is 0.352. The van der Waals surface area contributed by atoms with E-state index in [1.54, 1.807) is 0 Å². The normalized spacial score (nSPS) is 25.1.